The van der Waals surface area contributed by atoms with Gasteiger partial charge < -0.3 is 15.1 Å². The minimum atomic E-state index is -0.111. The fourth-order valence-electron chi connectivity index (χ4n) is 2.37. The van der Waals surface area contributed by atoms with Crippen molar-refractivity contribution in [1.82, 2.24) is 20.1 Å². The number of hydrogen-bond acceptors (Lipinski definition) is 5. The SMILES string of the molecule is CN(C)Cc1nc(C(C)(C)C)c(C(=O)N2CCNCC2)s1. The summed E-state index contributed by atoms with van der Waals surface area (Å²) in [6, 6.07) is 0. The lowest BCUT2D eigenvalue weighted by Crippen LogP contribution is -2.46. The van der Waals surface area contributed by atoms with Crippen LogP contribution in [-0.2, 0) is 12.0 Å². The lowest BCUT2D eigenvalue weighted by Gasteiger charge is -2.28. The van der Waals surface area contributed by atoms with Gasteiger partial charge in [0.1, 0.15) is 9.88 Å². The van der Waals surface area contributed by atoms with Gasteiger partial charge >= 0.3 is 0 Å². The summed E-state index contributed by atoms with van der Waals surface area (Å²) in [5, 5.41) is 4.30. The maximum absolute atomic E-state index is 12.8. The van der Waals surface area contributed by atoms with Crippen LogP contribution >= 0.6 is 11.3 Å². The van der Waals surface area contributed by atoms with E-state index in [-0.39, 0.29) is 11.3 Å². The second kappa shape index (κ2) is 6.42. The summed E-state index contributed by atoms with van der Waals surface area (Å²) in [6.45, 7) is 10.5. The minimum absolute atomic E-state index is 0.111. The maximum Gasteiger partial charge on any atom is 0.265 e. The van der Waals surface area contributed by atoms with E-state index in [4.69, 9.17) is 4.98 Å². The predicted molar refractivity (Wildman–Crippen MR) is 87.0 cm³/mol. The number of piperazine rings is 1. The number of thiazole rings is 1. The van der Waals surface area contributed by atoms with Crippen LogP contribution in [0.15, 0.2) is 0 Å². The molecule has 1 aromatic heterocycles. The van der Waals surface area contributed by atoms with Crippen LogP contribution < -0.4 is 5.32 Å². The van der Waals surface area contributed by atoms with Crippen LogP contribution in [0.2, 0.25) is 0 Å². The molecule has 0 aromatic carbocycles. The van der Waals surface area contributed by atoms with Crippen molar-refractivity contribution in [2.75, 3.05) is 40.3 Å². The minimum Gasteiger partial charge on any atom is -0.335 e. The van der Waals surface area contributed by atoms with E-state index in [2.05, 4.69) is 31.0 Å². The summed E-state index contributed by atoms with van der Waals surface area (Å²) in [7, 11) is 4.05. The molecule has 0 saturated carbocycles. The zero-order valence-electron chi connectivity index (χ0n) is 13.7. The van der Waals surface area contributed by atoms with Gasteiger partial charge in [-0.2, -0.15) is 0 Å². The Morgan fingerprint density at radius 1 is 1.33 bits per heavy atom. The van der Waals surface area contributed by atoms with Gasteiger partial charge in [-0.05, 0) is 14.1 Å². The molecule has 0 bridgehead atoms. The first-order valence-corrected chi connectivity index (χ1v) is 8.25. The standard InChI is InChI=1S/C15H26N4OS/c1-15(2,3)13-12(21-11(17-13)10-18(4)5)14(20)19-8-6-16-7-9-19/h16H,6-10H2,1-5H3. The van der Waals surface area contributed by atoms with E-state index in [0.29, 0.717) is 0 Å². The van der Waals surface area contributed by atoms with Crippen LogP contribution in [-0.4, -0.2) is 61.0 Å². The molecule has 2 rings (SSSR count). The predicted octanol–water partition coefficient (Wildman–Crippen LogP) is 1.55. The number of carbonyl (C=O) groups excluding carboxylic acids is 1. The summed E-state index contributed by atoms with van der Waals surface area (Å²) in [6.07, 6.45) is 0. The van der Waals surface area contributed by atoms with Crippen LogP contribution in [0.3, 0.4) is 0 Å². The molecule has 0 atom stereocenters. The molecule has 0 unspecified atom stereocenters. The molecule has 2 heterocycles. The lowest BCUT2D eigenvalue weighted by atomic mass is 9.91. The topological polar surface area (TPSA) is 48.5 Å². The molecular weight excluding hydrogens is 284 g/mol. The molecule has 1 aliphatic rings. The molecule has 1 amide bonds. The first kappa shape index (κ1) is 16.4. The molecule has 5 nitrogen and oxygen atoms in total. The average molecular weight is 310 g/mol. The molecule has 1 aliphatic heterocycles. The van der Waals surface area contributed by atoms with Crippen molar-refractivity contribution < 1.29 is 4.79 Å². The highest BCUT2D eigenvalue weighted by atomic mass is 32.1. The van der Waals surface area contributed by atoms with Gasteiger partial charge in [-0.25, -0.2) is 4.98 Å². The lowest BCUT2D eigenvalue weighted by molar-refractivity contribution is 0.0738. The zero-order valence-corrected chi connectivity index (χ0v) is 14.5. The van der Waals surface area contributed by atoms with Gasteiger partial charge in [0.25, 0.3) is 5.91 Å². The molecule has 1 saturated heterocycles. The molecule has 6 heteroatoms. The third-order valence-electron chi connectivity index (χ3n) is 3.43. The molecule has 0 aliphatic carbocycles. The van der Waals surface area contributed by atoms with Crippen LogP contribution in [0.25, 0.3) is 0 Å². The summed E-state index contributed by atoms with van der Waals surface area (Å²) in [4.78, 5) is 22.4. The highest BCUT2D eigenvalue weighted by molar-refractivity contribution is 7.13. The third-order valence-corrected chi connectivity index (χ3v) is 4.46. The number of aromatic nitrogens is 1. The number of amides is 1. The molecule has 1 fully saturated rings. The van der Waals surface area contributed by atoms with Gasteiger partial charge in [-0.3, -0.25) is 4.79 Å². The number of rotatable bonds is 3. The first-order chi connectivity index (χ1) is 9.79. The van der Waals surface area contributed by atoms with Gasteiger partial charge in [0.2, 0.25) is 0 Å². The van der Waals surface area contributed by atoms with Gasteiger partial charge in [0.05, 0.1) is 5.69 Å². The van der Waals surface area contributed by atoms with Crippen LogP contribution in [0.1, 0.15) is 41.1 Å². The van der Waals surface area contributed by atoms with E-state index in [1.165, 1.54) is 0 Å². The Labute approximate surface area is 131 Å². The van der Waals surface area contributed by atoms with Crippen molar-refractivity contribution in [1.29, 1.82) is 0 Å². The van der Waals surface area contributed by atoms with E-state index >= 15 is 0 Å². The molecular formula is C15H26N4OS. The Balaban J connectivity index is 2.31. The molecule has 118 valence electrons. The summed E-state index contributed by atoms with van der Waals surface area (Å²) < 4.78 is 0. The van der Waals surface area contributed by atoms with Crippen LogP contribution in [0.5, 0.6) is 0 Å². The first-order valence-electron chi connectivity index (χ1n) is 7.44. The summed E-state index contributed by atoms with van der Waals surface area (Å²) in [5.74, 6) is 0.143. The van der Waals surface area contributed by atoms with Gasteiger partial charge in [0, 0.05) is 38.1 Å². The highest BCUT2D eigenvalue weighted by Crippen LogP contribution is 2.31. The van der Waals surface area contributed by atoms with Crippen LogP contribution in [0, 0.1) is 0 Å². The second-order valence-corrected chi connectivity index (χ2v) is 7.90. The van der Waals surface area contributed by atoms with Crippen molar-refractivity contribution in [2.24, 2.45) is 0 Å². The summed E-state index contributed by atoms with van der Waals surface area (Å²) in [5.41, 5.74) is 0.827. The summed E-state index contributed by atoms with van der Waals surface area (Å²) >= 11 is 1.55. The van der Waals surface area contributed by atoms with Crippen molar-refractivity contribution in [3.05, 3.63) is 15.6 Å². The molecule has 21 heavy (non-hydrogen) atoms. The Bertz CT molecular complexity index is 498. The fourth-order valence-corrected chi connectivity index (χ4v) is 3.73. The van der Waals surface area contributed by atoms with Crippen molar-refractivity contribution in [3.8, 4) is 0 Å². The molecule has 1 aromatic rings. The van der Waals surface area contributed by atoms with Gasteiger partial charge in [0.15, 0.2) is 0 Å². The Hall–Kier alpha value is -0.980. The van der Waals surface area contributed by atoms with E-state index in [9.17, 15) is 4.79 Å². The number of carbonyl (C=O) groups is 1. The Morgan fingerprint density at radius 2 is 1.95 bits per heavy atom. The quantitative estimate of drug-likeness (QED) is 0.920. The number of nitrogens with one attached hydrogen (secondary N) is 1. The zero-order chi connectivity index (χ0) is 15.6. The molecule has 1 N–H and O–H groups in total. The molecule has 0 radical (unpaired) electrons. The maximum atomic E-state index is 12.8. The second-order valence-electron chi connectivity index (χ2n) is 6.82. The Kier molecular flexibility index (Phi) is 5.01. The smallest absolute Gasteiger partial charge is 0.265 e. The number of hydrogen-bond donors (Lipinski definition) is 1. The van der Waals surface area contributed by atoms with E-state index in [0.717, 1.165) is 48.3 Å². The normalized spacial score (nSPS) is 16.6. The molecule has 0 spiro atoms. The fraction of sp³-hybridized carbons (Fsp3) is 0.733. The van der Waals surface area contributed by atoms with Gasteiger partial charge in [-0.15, -0.1) is 11.3 Å². The Morgan fingerprint density at radius 3 is 2.48 bits per heavy atom. The largest absolute Gasteiger partial charge is 0.335 e. The van der Waals surface area contributed by atoms with Crippen LogP contribution in [0.4, 0.5) is 0 Å². The van der Waals surface area contributed by atoms with Crippen molar-refractivity contribution in [3.63, 3.8) is 0 Å². The average Bonchev–Trinajstić information content (AvgIpc) is 2.82. The van der Waals surface area contributed by atoms with Crippen molar-refractivity contribution in [2.45, 2.75) is 32.7 Å². The van der Waals surface area contributed by atoms with Crippen molar-refractivity contribution >= 4 is 17.2 Å². The number of nitrogens with zero attached hydrogens (tertiary/aromatic N) is 3. The monoisotopic (exact) mass is 310 g/mol. The van der Waals surface area contributed by atoms with E-state index in [1.807, 2.05) is 19.0 Å². The highest BCUT2D eigenvalue weighted by Gasteiger charge is 2.30. The van der Waals surface area contributed by atoms with Gasteiger partial charge in [-0.1, -0.05) is 20.8 Å². The van der Waals surface area contributed by atoms with E-state index < -0.39 is 0 Å². The van der Waals surface area contributed by atoms with E-state index in [1.54, 1.807) is 11.3 Å². The third kappa shape index (κ3) is 4.02.